The first kappa shape index (κ1) is 15.8. The van der Waals surface area contributed by atoms with Gasteiger partial charge in [-0.3, -0.25) is 4.98 Å². The second-order valence-corrected chi connectivity index (χ2v) is 6.85. The van der Waals surface area contributed by atoms with Crippen LogP contribution in [0.1, 0.15) is 33.6 Å². The quantitative estimate of drug-likeness (QED) is 0.768. The van der Waals surface area contributed by atoms with Crippen LogP contribution in [0.4, 0.5) is 0 Å². The van der Waals surface area contributed by atoms with E-state index in [1.54, 1.807) is 11.3 Å². The lowest BCUT2D eigenvalue weighted by Gasteiger charge is -2.11. The molecule has 0 atom stereocenters. The van der Waals surface area contributed by atoms with E-state index < -0.39 is 0 Å². The molecule has 1 aromatic carbocycles. The number of nitrogens with two attached hydrogens (primary N) is 1. The summed E-state index contributed by atoms with van der Waals surface area (Å²) in [5, 5.41) is 0.992. The molecule has 0 saturated heterocycles. The highest BCUT2D eigenvalue weighted by Gasteiger charge is 2.09. The second kappa shape index (κ2) is 7.02. The average molecular weight is 323 g/mol. The SMILES string of the molecule is CCc1cc(-c2cc(C)ccc2Cc2cnc(CN)s2)ccn1. The van der Waals surface area contributed by atoms with Crippen LogP contribution in [0.3, 0.4) is 0 Å². The summed E-state index contributed by atoms with van der Waals surface area (Å²) in [7, 11) is 0. The maximum atomic E-state index is 5.67. The van der Waals surface area contributed by atoms with E-state index in [9.17, 15) is 0 Å². The van der Waals surface area contributed by atoms with E-state index in [0.717, 1.165) is 23.5 Å². The Morgan fingerprint density at radius 3 is 2.74 bits per heavy atom. The largest absolute Gasteiger partial charge is 0.325 e. The normalized spacial score (nSPS) is 10.9. The highest BCUT2D eigenvalue weighted by molar-refractivity contribution is 7.11. The van der Waals surface area contributed by atoms with Crippen LogP contribution in [0.2, 0.25) is 0 Å². The summed E-state index contributed by atoms with van der Waals surface area (Å²) in [6, 6.07) is 10.9. The van der Waals surface area contributed by atoms with Crippen molar-refractivity contribution in [3.63, 3.8) is 0 Å². The van der Waals surface area contributed by atoms with Crippen LogP contribution in [0, 0.1) is 6.92 Å². The number of aryl methyl sites for hydroxylation is 2. The number of hydrogen-bond acceptors (Lipinski definition) is 4. The van der Waals surface area contributed by atoms with E-state index in [0.29, 0.717) is 6.54 Å². The van der Waals surface area contributed by atoms with Gasteiger partial charge in [0.1, 0.15) is 5.01 Å². The molecule has 0 radical (unpaired) electrons. The number of hydrogen-bond donors (Lipinski definition) is 1. The summed E-state index contributed by atoms with van der Waals surface area (Å²) >= 11 is 1.70. The Morgan fingerprint density at radius 2 is 2.00 bits per heavy atom. The van der Waals surface area contributed by atoms with E-state index in [2.05, 4.69) is 54.1 Å². The Kier molecular flexibility index (Phi) is 4.84. The number of benzene rings is 1. The summed E-state index contributed by atoms with van der Waals surface area (Å²) in [5.41, 5.74) is 11.9. The van der Waals surface area contributed by atoms with Crippen molar-refractivity contribution in [1.29, 1.82) is 0 Å². The fourth-order valence-corrected chi connectivity index (χ4v) is 3.49. The molecule has 0 fully saturated rings. The van der Waals surface area contributed by atoms with Crippen LogP contribution < -0.4 is 5.73 Å². The number of nitrogens with zero attached hydrogens (tertiary/aromatic N) is 2. The molecule has 0 saturated carbocycles. The molecular formula is C19H21N3S. The summed E-state index contributed by atoms with van der Waals surface area (Å²) < 4.78 is 0. The Balaban J connectivity index is 2.00. The Hall–Kier alpha value is -2.04. The minimum Gasteiger partial charge on any atom is -0.325 e. The van der Waals surface area contributed by atoms with Crippen LogP contribution in [0.25, 0.3) is 11.1 Å². The second-order valence-electron chi connectivity index (χ2n) is 5.65. The van der Waals surface area contributed by atoms with Gasteiger partial charge in [0, 0.05) is 35.9 Å². The molecule has 2 N–H and O–H groups in total. The Morgan fingerprint density at radius 1 is 1.13 bits per heavy atom. The molecule has 0 amide bonds. The van der Waals surface area contributed by atoms with Crippen LogP contribution in [-0.2, 0) is 19.4 Å². The van der Waals surface area contributed by atoms with Crippen LogP contribution in [0.5, 0.6) is 0 Å². The van der Waals surface area contributed by atoms with Gasteiger partial charge in [0.25, 0.3) is 0 Å². The minimum absolute atomic E-state index is 0.510. The molecule has 0 unspecified atom stereocenters. The van der Waals surface area contributed by atoms with Gasteiger partial charge in [0.2, 0.25) is 0 Å². The fourth-order valence-electron chi connectivity index (χ4n) is 2.66. The standard InChI is InChI=1S/C19H21N3S/c1-3-16-9-15(6-7-21-16)18-8-13(2)4-5-14(18)10-17-12-22-19(11-20)23-17/h4-9,12H,3,10-11,20H2,1-2H3. The molecule has 2 aromatic heterocycles. The van der Waals surface area contributed by atoms with E-state index in [-0.39, 0.29) is 0 Å². The summed E-state index contributed by atoms with van der Waals surface area (Å²) in [4.78, 5) is 10.0. The lowest BCUT2D eigenvalue weighted by molar-refractivity contribution is 1.03. The van der Waals surface area contributed by atoms with Gasteiger partial charge in [-0.15, -0.1) is 11.3 Å². The highest BCUT2D eigenvalue weighted by Crippen LogP contribution is 2.28. The molecule has 23 heavy (non-hydrogen) atoms. The zero-order chi connectivity index (χ0) is 16.2. The first-order valence-electron chi connectivity index (χ1n) is 7.88. The molecule has 0 aliphatic carbocycles. The van der Waals surface area contributed by atoms with Crippen molar-refractivity contribution in [3.8, 4) is 11.1 Å². The molecule has 0 aliphatic rings. The zero-order valence-electron chi connectivity index (χ0n) is 13.5. The van der Waals surface area contributed by atoms with Crippen molar-refractivity contribution < 1.29 is 0 Å². The summed E-state index contributed by atoms with van der Waals surface area (Å²) in [6.45, 7) is 4.78. The number of thiazole rings is 1. The summed E-state index contributed by atoms with van der Waals surface area (Å²) in [5.74, 6) is 0. The van der Waals surface area contributed by atoms with E-state index >= 15 is 0 Å². The van der Waals surface area contributed by atoms with Crippen LogP contribution in [-0.4, -0.2) is 9.97 Å². The van der Waals surface area contributed by atoms with Crippen LogP contribution >= 0.6 is 11.3 Å². The molecule has 3 rings (SSSR count). The Labute approximate surface area is 141 Å². The predicted molar refractivity (Wildman–Crippen MR) is 96.6 cm³/mol. The first-order chi connectivity index (χ1) is 11.2. The molecule has 2 heterocycles. The van der Waals surface area contributed by atoms with E-state index in [1.165, 1.54) is 27.1 Å². The molecular weight excluding hydrogens is 302 g/mol. The van der Waals surface area contributed by atoms with Gasteiger partial charge in [-0.1, -0.05) is 30.7 Å². The molecule has 3 aromatic rings. The molecule has 118 valence electrons. The molecule has 0 bridgehead atoms. The maximum Gasteiger partial charge on any atom is 0.106 e. The lowest BCUT2D eigenvalue weighted by Crippen LogP contribution is -1.94. The van der Waals surface area contributed by atoms with Crippen LogP contribution in [0.15, 0.2) is 42.7 Å². The van der Waals surface area contributed by atoms with E-state index in [1.807, 2.05) is 12.4 Å². The van der Waals surface area contributed by atoms with Gasteiger partial charge in [-0.25, -0.2) is 4.98 Å². The number of aromatic nitrogens is 2. The smallest absolute Gasteiger partial charge is 0.106 e. The number of pyridine rings is 1. The van der Waals surface area contributed by atoms with Crippen molar-refractivity contribution in [1.82, 2.24) is 9.97 Å². The van der Waals surface area contributed by atoms with Gasteiger partial charge in [0.05, 0.1) is 0 Å². The molecule has 0 aliphatic heterocycles. The van der Waals surface area contributed by atoms with Gasteiger partial charge in [0.15, 0.2) is 0 Å². The maximum absolute atomic E-state index is 5.67. The zero-order valence-corrected chi connectivity index (χ0v) is 14.4. The average Bonchev–Trinajstić information content (AvgIpc) is 3.04. The molecule has 3 nitrogen and oxygen atoms in total. The van der Waals surface area contributed by atoms with Gasteiger partial charge < -0.3 is 5.73 Å². The third-order valence-corrected chi connectivity index (χ3v) is 4.92. The van der Waals surface area contributed by atoms with Crippen molar-refractivity contribution in [2.45, 2.75) is 33.2 Å². The Bertz CT molecular complexity index is 808. The monoisotopic (exact) mass is 323 g/mol. The summed E-state index contributed by atoms with van der Waals surface area (Å²) in [6.07, 6.45) is 5.68. The highest BCUT2D eigenvalue weighted by atomic mass is 32.1. The third kappa shape index (κ3) is 3.66. The minimum atomic E-state index is 0.510. The molecule has 4 heteroatoms. The predicted octanol–water partition coefficient (Wildman–Crippen LogP) is 4.13. The van der Waals surface area contributed by atoms with Gasteiger partial charge >= 0.3 is 0 Å². The van der Waals surface area contributed by atoms with Crippen molar-refractivity contribution >= 4 is 11.3 Å². The topological polar surface area (TPSA) is 51.8 Å². The van der Waals surface area contributed by atoms with E-state index in [4.69, 9.17) is 5.73 Å². The van der Waals surface area contributed by atoms with Crippen molar-refractivity contribution in [3.05, 3.63) is 69.4 Å². The fraction of sp³-hybridized carbons (Fsp3) is 0.263. The number of rotatable bonds is 5. The van der Waals surface area contributed by atoms with Crippen molar-refractivity contribution in [2.75, 3.05) is 0 Å². The molecule has 0 spiro atoms. The lowest BCUT2D eigenvalue weighted by atomic mass is 9.95. The first-order valence-corrected chi connectivity index (χ1v) is 8.69. The van der Waals surface area contributed by atoms with Crippen molar-refractivity contribution in [2.24, 2.45) is 5.73 Å². The third-order valence-electron chi connectivity index (χ3n) is 3.90. The van der Waals surface area contributed by atoms with Gasteiger partial charge in [-0.2, -0.15) is 0 Å². The van der Waals surface area contributed by atoms with Gasteiger partial charge in [-0.05, 0) is 42.2 Å².